The van der Waals surface area contributed by atoms with Gasteiger partial charge in [-0.1, -0.05) is 35.3 Å². The van der Waals surface area contributed by atoms with E-state index in [9.17, 15) is 9.18 Å². The van der Waals surface area contributed by atoms with Crippen LogP contribution in [-0.4, -0.2) is 20.3 Å². The van der Waals surface area contributed by atoms with Gasteiger partial charge in [0.1, 0.15) is 11.6 Å². The zero-order valence-corrected chi connectivity index (χ0v) is 19.4. The van der Waals surface area contributed by atoms with Crippen LogP contribution >= 0.6 is 23.2 Å². The summed E-state index contributed by atoms with van der Waals surface area (Å²) in [5.74, 6) is -0.0470. The molecule has 8 heteroatoms. The third-order valence-electron chi connectivity index (χ3n) is 5.51. The maximum absolute atomic E-state index is 13.2. The fourth-order valence-electron chi connectivity index (χ4n) is 3.78. The highest BCUT2D eigenvalue weighted by atomic mass is 35.5. The van der Waals surface area contributed by atoms with Gasteiger partial charge in [0.25, 0.3) is 5.91 Å². The molecular weight excluding hydrogens is 474 g/mol. The van der Waals surface area contributed by atoms with Crippen molar-refractivity contribution in [2.45, 2.75) is 6.92 Å². The lowest BCUT2D eigenvalue weighted by Gasteiger charge is -2.11. The SMILES string of the molecule is Cc1ncc(-c2cccn3c(-c4cccc(Cl)c4Cl)ncc23)cc1C(=O)Nc1ccc(F)cc1. The van der Waals surface area contributed by atoms with Gasteiger partial charge in [-0.05, 0) is 55.5 Å². The fourth-order valence-corrected chi connectivity index (χ4v) is 4.17. The van der Waals surface area contributed by atoms with Crippen molar-refractivity contribution in [2.24, 2.45) is 0 Å². The van der Waals surface area contributed by atoms with E-state index in [1.54, 1.807) is 31.5 Å². The highest BCUT2D eigenvalue weighted by molar-refractivity contribution is 6.43. The molecule has 0 aliphatic heterocycles. The number of imidazole rings is 1. The lowest BCUT2D eigenvalue weighted by atomic mass is 10.0. The Hall–Kier alpha value is -3.74. The molecule has 34 heavy (non-hydrogen) atoms. The average molecular weight is 491 g/mol. The summed E-state index contributed by atoms with van der Waals surface area (Å²) in [6.45, 7) is 1.77. The number of aromatic nitrogens is 3. The first-order valence-electron chi connectivity index (χ1n) is 10.4. The third kappa shape index (κ3) is 4.02. The molecule has 0 fully saturated rings. The second-order valence-corrected chi connectivity index (χ2v) is 8.46. The Morgan fingerprint density at radius 2 is 1.74 bits per heavy atom. The van der Waals surface area contributed by atoms with E-state index in [2.05, 4.69) is 15.3 Å². The number of fused-ring (bicyclic) bond motifs is 1. The van der Waals surface area contributed by atoms with Crippen LogP contribution in [0, 0.1) is 12.7 Å². The van der Waals surface area contributed by atoms with Crippen LogP contribution in [-0.2, 0) is 0 Å². The lowest BCUT2D eigenvalue weighted by molar-refractivity contribution is 0.102. The molecule has 1 N–H and O–H groups in total. The minimum absolute atomic E-state index is 0.328. The maximum Gasteiger partial charge on any atom is 0.257 e. The Morgan fingerprint density at radius 1 is 0.971 bits per heavy atom. The quantitative estimate of drug-likeness (QED) is 0.293. The molecular formula is C26H17Cl2FN4O. The van der Waals surface area contributed by atoms with E-state index in [1.807, 2.05) is 34.9 Å². The van der Waals surface area contributed by atoms with Crippen molar-refractivity contribution in [3.05, 3.63) is 106 Å². The van der Waals surface area contributed by atoms with Crippen molar-refractivity contribution in [3.8, 4) is 22.5 Å². The van der Waals surface area contributed by atoms with Gasteiger partial charge in [-0.15, -0.1) is 0 Å². The summed E-state index contributed by atoms with van der Waals surface area (Å²) < 4.78 is 15.1. The molecule has 0 saturated heterocycles. The molecule has 0 aliphatic carbocycles. The molecule has 5 nitrogen and oxygen atoms in total. The lowest BCUT2D eigenvalue weighted by Crippen LogP contribution is -2.14. The Morgan fingerprint density at radius 3 is 2.53 bits per heavy atom. The van der Waals surface area contributed by atoms with E-state index in [-0.39, 0.29) is 11.7 Å². The Labute approximate surface area is 204 Å². The topological polar surface area (TPSA) is 59.3 Å². The summed E-state index contributed by atoms with van der Waals surface area (Å²) >= 11 is 12.6. The number of hydrogen-bond acceptors (Lipinski definition) is 3. The van der Waals surface area contributed by atoms with Gasteiger partial charge in [0.15, 0.2) is 0 Å². The van der Waals surface area contributed by atoms with Crippen LogP contribution in [0.5, 0.6) is 0 Å². The molecule has 3 aromatic heterocycles. The average Bonchev–Trinajstić information content (AvgIpc) is 3.27. The first-order valence-corrected chi connectivity index (χ1v) is 11.1. The highest BCUT2D eigenvalue weighted by Gasteiger charge is 2.17. The number of aryl methyl sites for hydroxylation is 1. The van der Waals surface area contributed by atoms with Gasteiger partial charge in [-0.2, -0.15) is 0 Å². The summed E-state index contributed by atoms with van der Waals surface area (Å²) in [4.78, 5) is 22.0. The van der Waals surface area contributed by atoms with Gasteiger partial charge < -0.3 is 5.32 Å². The molecule has 5 aromatic rings. The third-order valence-corrected chi connectivity index (χ3v) is 6.33. The zero-order valence-electron chi connectivity index (χ0n) is 17.9. The van der Waals surface area contributed by atoms with Gasteiger partial charge in [-0.25, -0.2) is 9.37 Å². The van der Waals surface area contributed by atoms with E-state index in [4.69, 9.17) is 23.2 Å². The second-order valence-electron chi connectivity index (χ2n) is 7.68. The number of carbonyl (C=O) groups excluding carboxylic acids is 1. The van der Waals surface area contributed by atoms with Crippen molar-refractivity contribution >= 4 is 40.3 Å². The number of anilines is 1. The molecule has 3 heterocycles. The summed E-state index contributed by atoms with van der Waals surface area (Å²) in [6, 6.07) is 16.6. The summed E-state index contributed by atoms with van der Waals surface area (Å²) in [7, 11) is 0. The molecule has 0 bridgehead atoms. The number of carbonyl (C=O) groups is 1. The highest BCUT2D eigenvalue weighted by Crippen LogP contribution is 2.35. The van der Waals surface area contributed by atoms with Crippen molar-refractivity contribution in [1.29, 1.82) is 0 Å². The minimum atomic E-state index is -0.370. The zero-order chi connectivity index (χ0) is 23.8. The van der Waals surface area contributed by atoms with Gasteiger partial charge >= 0.3 is 0 Å². The summed E-state index contributed by atoms with van der Waals surface area (Å²) in [6.07, 6.45) is 5.36. The number of rotatable bonds is 4. The number of halogens is 3. The van der Waals surface area contributed by atoms with Gasteiger partial charge in [0, 0.05) is 34.8 Å². The van der Waals surface area contributed by atoms with Gasteiger partial charge in [-0.3, -0.25) is 14.2 Å². The molecule has 0 saturated carbocycles. The minimum Gasteiger partial charge on any atom is -0.322 e. The molecule has 0 unspecified atom stereocenters. The van der Waals surface area contributed by atoms with E-state index < -0.39 is 0 Å². The molecule has 168 valence electrons. The predicted octanol–water partition coefficient (Wildman–Crippen LogP) is 7.07. The monoisotopic (exact) mass is 490 g/mol. The number of nitrogens with one attached hydrogen (secondary N) is 1. The molecule has 0 spiro atoms. The summed E-state index contributed by atoms with van der Waals surface area (Å²) in [5, 5.41) is 3.67. The van der Waals surface area contributed by atoms with E-state index in [0.29, 0.717) is 38.4 Å². The molecule has 2 aromatic carbocycles. The number of hydrogen-bond donors (Lipinski definition) is 1. The van der Waals surface area contributed by atoms with Crippen LogP contribution in [0.15, 0.2) is 79.3 Å². The van der Waals surface area contributed by atoms with Crippen molar-refractivity contribution < 1.29 is 9.18 Å². The molecule has 1 amide bonds. The van der Waals surface area contributed by atoms with Crippen molar-refractivity contribution in [1.82, 2.24) is 14.4 Å². The van der Waals surface area contributed by atoms with Gasteiger partial charge in [0.05, 0.1) is 33.0 Å². The standard InChI is InChI=1S/C26H17Cl2FN4O/c1-15-21(26(34)32-18-9-7-17(29)8-10-18)12-16(13-30-15)19-5-3-11-33-23(19)14-31-25(33)20-4-2-6-22(27)24(20)28/h2-14H,1H3,(H,32,34). The first kappa shape index (κ1) is 22.1. The van der Waals surface area contributed by atoms with Crippen LogP contribution in [0.4, 0.5) is 10.1 Å². The second kappa shape index (κ2) is 8.89. The fraction of sp³-hybridized carbons (Fsp3) is 0.0385. The molecule has 0 radical (unpaired) electrons. The largest absolute Gasteiger partial charge is 0.322 e. The van der Waals surface area contributed by atoms with Crippen molar-refractivity contribution in [2.75, 3.05) is 5.32 Å². The number of amides is 1. The number of benzene rings is 2. The van der Waals surface area contributed by atoms with E-state index >= 15 is 0 Å². The normalized spacial score (nSPS) is 11.1. The van der Waals surface area contributed by atoms with Crippen LogP contribution in [0.1, 0.15) is 16.1 Å². The van der Waals surface area contributed by atoms with Gasteiger partial charge in [0.2, 0.25) is 0 Å². The van der Waals surface area contributed by atoms with Crippen LogP contribution in [0.2, 0.25) is 10.0 Å². The summed E-state index contributed by atoms with van der Waals surface area (Å²) in [5.41, 5.74) is 4.64. The first-order chi connectivity index (χ1) is 16.4. The smallest absolute Gasteiger partial charge is 0.257 e. The molecule has 0 aliphatic rings. The van der Waals surface area contributed by atoms with E-state index in [0.717, 1.165) is 16.6 Å². The maximum atomic E-state index is 13.2. The predicted molar refractivity (Wildman–Crippen MR) is 133 cm³/mol. The van der Waals surface area contributed by atoms with Crippen LogP contribution in [0.25, 0.3) is 28.0 Å². The van der Waals surface area contributed by atoms with Crippen molar-refractivity contribution in [3.63, 3.8) is 0 Å². The van der Waals surface area contributed by atoms with Crippen LogP contribution < -0.4 is 5.32 Å². The number of nitrogens with zero attached hydrogens (tertiary/aromatic N) is 3. The molecule has 0 atom stereocenters. The number of pyridine rings is 2. The Kier molecular flexibility index (Phi) is 5.77. The molecule has 5 rings (SSSR count). The van der Waals surface area contributed by atoms with Crippen LogP contribution in [0.3, 0.4) is 0 Å². The Balaban J connectivity index is 1.55. The Bertz CT molecular complexity index is 1550. The van der Waals surface area contributed by atoms with E-state index in [1.165, 1.54) is 24.3 Å².